The van der Waals surface area contributed by atoms with Crippen molar-refractivity contribution in [2.45, 2.75) is 97.1 Å². The van der Waals surface area contributed by atoms with Crippen molar-refractivity contribution in [3.63, 3.8) is 0 Å². The van der Waals surface area contributed by atoms with E-state index in [0.29, 0.717) is 66.0 Å². The number of nitriles is 2. The number of urea groups is 2. The van der Waals surface area contributed by atoms with E-state index < -0.39 is 27.6 Å². The summed E-state index contributed by atoms with van der Waals surface area (Å²) in [6, 6.07) is 27.7. The van der Waals surface area contributed by atoms with Crippen LogP contribution in [0, 0.1) is 29.6 Å². The fourth-order valence-electron chi connectivity index (χ4n) is 8.85. The molecule has 2 fully saturated rings. The monoisotopic (exact) mass is 927 g/mol. The molecule has 0 saturated carbocycles. The molecule has 0 aromatic heterocycles. The van der Waals surface area contributed by atoms with Crippen LogP contribution in [0.4, 0.5) is 21.0 Å². The lowest BCUT2D eigenvalue weighted by Gasteiger charge is -2.38. The highest BCUT2D eigenvalue weighted by molar-refractivity contribution is 7.88. The number of nitrogens with zero attached hydrogens (tertiary/aromatic N) is 6. The van der Waals surface area contributed by atoms with Crippen LogP contribution in [-0.4, -0.2) is 92.7 Å². The molecule has 0 atom stereocenters. The Morgan fingerprint density at radius 3 is 1.60 bits per heavy atom. The molecule has 67 heavy (non-hydrogen) atoms. The van der Waals surface area contributed by atoms with Crippen LogP contribution in [0.5, 0.6) is 0 Å². The average molecular weight is 928 g/mol. The van der Waals surface area contributed by atoms with E-state index in [-0.39, 0.29) is 47.6 Å². The van der Waals surface area contributed by atoms with Crippen molar-refractivity contribution in [1.82, 2.24) is 25.2 Å². The predicted octanol–water partition coefficient (Wildman–Crippen LogP) is 7.72. The van der Waals surface area contributed by atoms with Crippen LogP contribution in [0.1, 0.15) is 126 Å². The van der Waals surface area contributed by atoms with Crippen molar-refractivity contribution in [3.8, 4) is 12.1 Å². The molecule has 2 aliphatic heterocycles. The molecule has 15 nitrogen and oxygen atoms in total. The van der Waals surface area contributed by atoms with Crippen LogP contribution in [0.25, 0.3) is 0 Å². The van der Waals surface area contributed by atoms with E-state index in [1.807, 2.05) is 43.3 Å². The van der Waals surface area contributed by atoms with Gasteiger partial charge in [0.05, 0.1) is 40.9 Å². The summed E-state index contributed by atoms with van der Waals surface area (Å²) in [6.07, 6.45) is 4.33. The Morgan fingerprint density at radius 2 is 1.16 bits per heavy atom. The Balaban J connectivity index is 1.37. The molecule has 16 heteroatoms. The molecule has 0 spiro atoms. The highest BCUT2D eigenvalue weighted by Crippen LogP contribution is 2.35. The van der Waals surface area contributed by atoms with Crippen LogP contribution in [0.2, 0.25) is 0 Å². The lowest BCUT2D eigenvalue weighted by molar-refractivity contribution is 0.0705. The number of hydrogen-bond donors (Lipinski definition) is 3. The van der Waals surface area contributed by atoms with E-state index in [0.717, 1.165) is 43.1 Å². The van der Waals surface area contributed by atoms with Crippen molar-refractivity contribution in [1.29, 1.82) is 10.5 Å². The quantitative estimate of drug-likeness (QED) is 0.120. The van der Waals surface area contributed by atoms with Crippen molar-refractivity contribution in [2.24, 2.45) is 0 Å². The summed E-state index contributed by atoms with van der Waals surface area (Å²) >= 11 is 0. The zero-order chi connectivity index (χ0) is 48.6. The van der Waals surface area contributed by atoms with Crippen LogP contribution < -0.4 is 25.4 Å². The SMILES string of the molecule is CCc1ccc(C(=O)N2CCC(c3ccc(C#N)cc3)CC2)cc1N(C(=O)NC(C)C)N(C(=O)NCC(C)(C)NS(C)(=O)=O)c1cc(C(=O)N2CCC(c3ccc(C#N)cc3)CC2)ccc1C. The fourth-order valence-corrected chi connectivity index (χ4v) is 9.93. The van der Waals surface area contributed by atoms with E-state index in [4.69, 9.17) is 0 Å². The normalized spacial score (nSPS) is 14.8. The minimum Gasteiger partial charge on any atom is -0.339 e. The first kappa shape index (κ1) is 49.7. The first-order valence-electron chi connectivity index (χ1n) is 22.8. The molecule has 2 heterocycles. The van der Waals surface area contributed by atoms with Crippen LogP contribution in [0.15, 0.2) is 84.9 Å². The minimum atomic E-state index is -3.68. The van der Waals surface area contributed by atoms with Gasteiger partial charge in [-0.2, -0.15) is 20.5 Å². The number of rotatable bonds is 12. The van der Waals surface area contributed by atoms with Gasteiger partial charge in [-0.15, -0.1) is 0 Å². The first-order valence-corrected chi connectivity index (χ1v) is 24.7. The molecule has 6 rings (SSSR count). The molecule has 0 aliphatic carbocycles. The van der Waals surface area contributed by atoms with Crippen molar-refractivity contribution < 1.29 is 27.6 Å². The number of carbonyl (C=O) groups is 4. The van der Waals surface area contributed by atoms with Gasteiger partial charge in [-0.25, -0.2) is 22.7 Å². The Morgan fingerprint density at radius 1 is 0.716 bits per heavy atom. The van der Waals surface area contributed by atoms with E-state index >= 15 is 0 Å². The van der Waals surface area contributed by atoms with Crippen molar-refractivity contribution >= 4 is 45.3 Å². The maximum atomic E-state index is 15.0. The molecular formula is C51H61N9O6S. The van der Waals surface area contributed by atoms with Gasteiger partial charge in [0.15, 0.2) is 0 Å². The molecule has 3 N–H and O–H groups in total. The van der Waals surface area contributed by atoms with Crippen LogP contribution >= 0.6 is 0 Å². The van der Waals surface area contributed by atoms with E-state index in [9.17, 15) is 38.1 Å². The summed E-state index contributed by atoms with van der Waals surface area (Å²) in [6.45, 7) is 12.3. The Hall–Kier alpha value is -6.75. The van der Waals surface area contributed by atoms with Gasteiger partial charge < -0.3 is 20.4 Å². The summed E-state index contributed by atoms with van der Waals surface area (Å²) in [7, 11) is -3.68. The second kappa shape index (κ2) is 21.3. The first-order chi connectivity index (χ1) is 31.8. The molecule has 4 aromatic rings. The molecule has 0 unspecified atom stereocenters. The van der Waals surface area contributed by atoms with E-state index in [1.165, 1.54) is 10.0 Å². The van der Waals surface area contributed by atoms with Gasteiger partial charge in [0, 0.05) is 55.4 Å². The molecule has 0 bridgehead atoms. The second-order valence-electron chi connectivity index (χ2n) is 18.4. The third kappa shape index (κ3) is 12.4. The third-order valence-electron chi connectivity index (χ3n) is 12.4. The highest BCUT2D eigenvalue weighted by Gasteiger charge is 2.36. The smallest absolute Gasteiger partial charge is 0.339 e. The number of likely N-dealkylation sites (tertiary alicyclic amines) is 2. The Kier molecular flexibility index (Phi) is 15.8. The van der Waals surface area contributed by atoms with Crippen LogP contribution in [-0.2, 0) is 16.4 Å². The minimum absolute atomic E-state index is 0.182. The molecule has 0 radical (unpaired) electrons. The Labute approximate surface area is 394 Å². The van der Waals surface area contributed by atoms with Crippen molar-refractivity contribution in [3.05, 3.63) is 129 Å². The highest BCUT2D eigenvalue weighted by atomic mass is 32.2. The van der Waals surface area contributed by atoms with Gasteiger partial charge in [0.2, 0.25) is 10.0 Å². The predicted molar refractivity (Wildman–Crippen MR) is 259 cm³/mol. The summed E-state index contributed by atoms with van der Waals surface area (Å²) in [4.78, 5) is 62.0. The van der Waals surface area contributed by atoms with Gasteiger partial charge in [0.1, 0.15) is 0 Å². The summed E-state index contributed by atoms with van der Waals surface area (Å²) in [5, 5.41) is 26.7. The van der Waals surface area contributed by atoms with Gasteiger partial charge in [-0.3, -0.25) is 9.59 Å². The number of hydrazine groups is 1. The lowest BCUT2D eigenvalue weighted by Crippen LogP contribution is -2.60. The zero-order valence-corrected chi connectivity index (χ0v) is 40.2. The largest absolute Gasteiger partial charge is 0.341 e. The van der Waals surface area contributed by atoms with Crippen LogP contribution in [0.3, 0.4) is 0 Å². The zero-order valence-electron chi connectivity index (χ0n) is 39.4. The number of anilines is 2. The number of hydrogen-bond acceptors (Lipinski definition) is 8. The maximum Gasteiger partial charge on any atom is 0.341 e. The fraction of sp³-hybridized carbons (Fsp3) is 0.412. The third-order valence-corrected chi connectivity index (χ3v) is 13.3. The molecule has 352 valence electrons. The molecular weight excluding hydrogens is 867 g/mol. The summed E-state index contributed by atoms with van der Waals surface area (Å²) in [5.74, 6) is -0.0411. The van der Waals surface area contributed by atoms with Gasteiger partial charge in [-0.1, -0.05) is 43.3 Å². The van der Waals surface area contributed by atoms with Crippen molar-refractivity contribution in [2.75, 3.05) is 49.0 Å². The number of piperidine rings is 2. The second-order valence-corrected chi connectivity index (χ2v) is 20.2. The number of nitrogens with one attached hydrogen (secondary N) is 3. The van der Waals surface area contributed by atoms with Gasteiger partial charge >= 0.3 is 12.1 Å². The maximum absolute atomic E-state index is 15.0. The summed E-state index contributed by atoms with van der Waals surface area (Å²) < 4.78 is 27.2. The number of aryl methyl sites for hydroxylation is 2. The lowest BCUT2D eigenvalue weighted by atomic mass is 9.89. The van der Waals surface area contributed by atoms with Gasteiger partial charge in [-0.05, 0) is 149 Å². The topological polar surface area (TPSA) is 199 Å². The number of amides is 6. The number of carbonyl (C=O) groups excluding carboxylic acids is 4. The molecule has 2 saturated heterocycles. The average Bonchev–Trinajstić information content (AvgIpc) is 3.31. The standard InChI is InChI=1S/C51H61N9O6S/c1-8-38-19-20-44(48(62)58-27-23-42(24-28-58)40-17-12-37(32-53)13-18-40)30-46(38)60(50(64)55-34(2)3)59(49(63)54-33-51(5,6)56-67(7,65)66)45-29-43(14-9-35(45)4)47(61)57-25-21-41(22-26-57)39-15-10-36(31-52)11-16-39/h9-20,29-30,34,41-42,56H,8,21-28,33H2,1-7H3,(H,54,63)(H,55,64). The van der Waals surface area contributed by atoms with Gasteiger partial charge in [0.25, 0.3) is 11.8 Å². The van der Waals surface area contributed by atoms with E-state index in [2.05, 4.69) is 27.5 Å². The molecule has 4 aromatic carbocycles. The Bertz CT molecular complexity index is 2660. The van der Waals surface area contributed by atoms with E-state index in [1.54, 1.807) is 92.9 Å². The summed E-state index contributed by atoms with van der Waals surface area (Å²) in [5.41, 5.74) is 4.56. The molecule has 6 amide bonds. The number of sulfonamides is 1. The number of benzene rings is 4. The molecule has 2 aliphatic rings.